The van der Waals surface area contributed by atoms with Gasteiger partial charge < -0.3 is 9.64 Å². The first-order valence-corrected chi connectivity index (χ1v) is 11.1. The molecule has 0 atom stereocenters. The number of hydrogen-bond acceptors (Lipinski definition) is 2. The van der Waals surface area contributed by atoms with Crippen molar-refractivity contribution in [1.29, 1.82) is 0 Å². The molecule has 3 aromatic carbocycles. The smallest absolute Gasteiger partial charge is 0.231 e. The molecule has 0 aliphatic carbocycles. The maximum atomic E-state index is 13.4. The summed E-state index contributed by atoms with van der Waals surface area (Å²) in [6, 6.07) is 21.9. The predicted octanol–water partition coefficient (Wildman–Crippen LogP) is 5.73. The van der Waals surface area contributed by atoms with Crippen LogP contribution in [0.3, 0.4) is 0 Å². The van der Waals surface area contributed by atoms with Gasteiger partial charge in [-0.05, 0) is 60.9 Å². The summed E-state index contributed by atoms with van der Waals surface area (Å²) >= 11 is 3.33. The number of alkyl halides is 1. The molecule has 3 aromatic rings. The second-order valence-electron chi connectivity index (χ2n) is 7.12. The van der Waals surface area contributed by atoms with Crippen molar-refractivity contribution in [2.24, 2.45) is 0 Å². The van der Waals surface area contributed by atoms with Gasteiger partial charge in [-0.3, -0.25) is 4.79 Å². The van der Waals surface area contributed by atoms with E-state index in [1.165, 1.54) is 23.3 Å². The van der Waals surface area contributed by atoms with Crippen LogP contribution in [0, 0.1) is 12.7 Å². The Morgan fingerprint density at radius 1 is 1.00 bits per heavy atom. The number of amides is 1. The average molecular weight is 470 g/mol. The Kier molecular flexibility index (Phi) is 8.03. The van der Waals surface area contributed by atoms with Crippen molar-refractivity contribution in [2.75, 3.05) is 23.4 Å². The monoisotopic (exact) mass is 469 g/mol. The molecule has 0 spiro atoms. The summed E-state index contributed by atoms with van der Waals surface area (Å²) in [5.41, 5.74) is 3.97. The van der Waals surface area contributed by atoms with Gasteiger partial charge in [-0.1, -0.05) is 57.9 Å². The molecule has 0 aliphatic heterocycles. The van der Waals surface area contributed by atoms with E-state index in [0.29, 0.717) is 18.8 Å². The first-order chi connectivity index (χ1) is 14.5. The highest BCUT2D eigenvalue weighted by atomic mass is 79.9. The van der Waals surface area contributed by atoms with Crippen molar-refractivity contribution in [3.63, 3.8) is 0 Å². The van der Waals surface area contributed by atoms with Crippen LogP contribution in [0.4, 0.5) is 10.1 Å². The summed E-state index contributed by atoms with van der Waals surface area (Å²) in [4.78, 5) is 14.9. The number of anilines is 1. The number of ether oxygens (including phenoxy) is 1. The summed E-state index contributed by atoms with van der Waals surface area (Å²) in [7, 11) is 0. The SMILES string of the molecule is Cc1cccc(CCN(C(=O)Cc2ccc(OCCBr)cc2)c2ccc(F)cc2)c1. The summed E-state index contributed by atoms with van der Waals surface area (Å²) in [6.07, 6.45) is 0.994. The number of carbonyl (C=O) groups is 1. The van der Waals surface area contributed by atoms with E-state index in [4.69, 9.17) is 4.74 Å². The zero-order valence-corrected chi connectivity index (χ0v) is 18.6. The molecule has 0 saturated carbocycles. The zero-order valence-electron chi connectivity index (χ0n) is 17.0. The summed E-state index contributed by atoms with van der Waals surface area (Å²) in [5.74, 6) is 0.438. The van der Waals surface area contributed by atoms with Crippen molar-refractivity contribution in [2.45, 2.75) is 19.8 Å². The lowest BCUT2D eigenvalue weighted by molar-refractivity contribution is -0.118. The van der Waals surface area contributed by atoms with Crippen molar-refractivity contribution in [3.8, 4) is 5.75 Å². The van der Waals surface area contributed by atoms with Crippen molar-refractivity contribution in [3.05, 3.63) is 95.3 Å². The van der Waals surface area contributed by atoms with E-state index in [1.807, 2.05) is 30.3 Å². The molecule has 0 unspecified atom stereocenters. The summed E-state index contributed by atoms with van der Waals surface area (Å²) in [6.45, 7) is 3.17. The number of benzene rings is 3. The molecule has 3 nitrogen and oxygen atoms in total. The van der Waals surface area contributed by atoms with Gasteiger partial charge in [-0.15, -0.1) is 0 Å². The standard InChI is InChI=1S/C25H25BrFNO2/c1-19-3-2-4-20(17-19)13-15-28(23-9-7-22(27)8-10-23)25(29)18-21-5-11-24(12-6-21)30-16-14-26/h2-12,17H,13-16,18H2,1H3. The fourth-order valence-electron chi connectivity index (χ4n) is 3.26. The van der Waals surface area contributed by atoms with Crippen LogP contribution in [-0.4, -0.2) is 24.4 Å². The third kappa shape index (κ3) is 6.42. The van der Waals surface area contributed by atoms with Gasteiger partial charge in [-0.25, -0.2) is 4.39 Å². The van der Waals surface area contributed by atoms with Gasteiger partial charge in [0.2, 0.25) is 5.91 Å². The van der Waals surface area contributed by atoms with E-state index in [0.717, 1.165) is 23.1 Å². The molecule has 5 heteroatoms. The lowest BCUT2D eigenvalue weighted by Crippen LogP contribution is -2.34. The van der Waals surface area contributed by atoms with E-state index in [-0.39, 0.29) is 18.1 Å². The Morgan fingerprint density at radius 3 is 2.40 bits per heavy atom. The first kappa shape index (κ1) is 22.0. The molecule has 0 fully saturated rings. The molecule has 0 N–H and O–H groups in total. The topological polar surface area (TPSA) is 29.5 Å². The van der Waals surface area contributed by atoms with Crippen LogP contribution in [0.25, 0.3) is 0 Å². The molecule has 0 aliphatic rings. The number of hydrogen-bond donors (Lipinski definition) is 0. The Bertz CT molecular complexity index is 958. The fourth-order valence-corrected chi connectivity index (χ4v) is 3.42. The Balaban J connectivity index is 1.73. The quantitative estimate of drug-likeness (QED) is 0.374. The lowest BCUT2D eigenvalue weighted by atomic mass is 10.1. The molecule has 0 radical (unpaired) electrons. The number of halogens is 2. The molecule has 1 amide bonds. The minimum Gasteiger partial charge on any atom is -0.493 e. The molecular formula is C25H25BrFNO2. The highest BCUT2D eigenvalue weighted by molar-refractivity contribution is 9.09. The number of rotatable bonds is 9. The highest BCUT2D eigenvalue weighted by Gasteiger charge is 2.17. The van der Waals surface area contributed by atoms with Crippen LogP contribution in [0.5, 0.6) is 5.75 Å². The van der Waals surface area contributed by atoms with Gasteiger partial charge in [0, 0.05) is 17.6 Å². The fraction of sp³-hybridized carbons (Fsp3) is 0.240. The van der Waals surface area contributed by atoms with Crippen LogP contribution in [-0.2, 0) is 17.6 Å². The second-order valence-corrected chi connectivity index (χ2v) is 7.91. The van der Waals surface area contributed by atoms with E-state index >= 15 is 0 Å². The molecule has 3 rings (SSSR count). The first-order valence-electron chi connectivity index (χ1n) is 9.94. The van der Waals surface area contributed by atoms with Crippen LogP contribution in [0.15, 0.2) is 72.8 Å². The maximum Gasteiger partial charge on any atom is 0.231 e. The molecule has 0 bridgehead atoms. The molecule has 0 heterocycles. The third-order valence-corrected chi connectivity index (χ3v) is 5.09. The van der Waals surface area contributed by atoms with Crippen LogP contribution in [0.1, 0.15) is 16.7 Å². The Labute approximate surface area is 185 Å². The van der Waals surface area contributed by atoms with Gasteiger partial charge >= 0.3 is 0 Å². The highest BCUT2D eigenvalue weighted by Crippen LogP contribution is 2.19. The van der Waals surface area contributed by atoms with E-state index < -0.39 is 0 Å². The number of carbonyl (C=O) groups excluding carboxylic acids is 1. The van der Waals surface area contributed by atoms with Crippen LogP contribution >= 0.6 is 15.9 Å². The molecule has 156 valence electrons. The van der Waals surface area contributed by atoms with Crippen molar-refractivity contribution >= 4 is 27.5 Å². The molecule has 30 heavy (non-hydrogen) atoms. The van der Waals surface area contributed by atoms with Crippen LogP contribution in [0.2, 0.25) is 0 Å². The lowest BCUT2D eigenvalue weighted by Gasteiger charge is -2.23. The largest absolute Gasteiger partial charge is 0.493 e. The second kappa shape index (κ2) is 10.9. The van der Waals surface area contributed by atoms with Crippen LogP contribution < -0.4 is 9.64 Å². The van der Waals surface area contributed by atoms with Gasteiger partial charge in [-0.2, -0.15) is 0 Å². The van der Waals surface area contributed by atoms with E-state index in [1.54, 1.807) is 17.0 Å². The normalized spacial score (nSPS) is 10.6. The minimum atomic E-state index is -0.316. The third-order valence-electron chi connectivity index (χ3n) is 4.77. The predicted molar refractivity (Wildman–Crippen MR) is 123 cm³/mol. The maximum absolute atomic E-state index is 13.4. The van der Waals surface area contributed by atoms with Crippen molar-refractivity contribution in [1.82, 2.24) is 0 Å². The van der Waals surface area contributed by atoms with Gasteiger partial charge in [0.05, 0.1) is 13.0 Å². The summed E-state index contributed by atoms with van der Waals surface area (Å²) < 4.78 is 19.0. The van der Waals surface area contributed by atoms with Gasteiger partial charge in [0.1, 0.15) is 11.6 Å². The van der Waals surface area contributed by atoms with E-state index in [9.17, 15) is 9.18 Å². The minimum absolute atomic E-state index is 0.0246. The Morgan fingerprint density at radius 2 is 1.73 bits per heavy atom. The number of nitrogens with zero attached hydrogens (tertiary/aromatic N) is 1. The number of aryl methyl sites for hydroxylation is 1. The van der Waals surface area contributed by atoms with Gasteiger partial charge in [0.25, 0.3) is 0 Å². The average Bonchev–Trinajstić information content (AvgIpc) is 2.75. The molecule has 0 saturated heterocycles. The van der Waals surface area contributed by atoms with Gasteiger partial charge in [0.15, 0.2) is 0 Å². The van der Waals surface area contributed by atoms with E-state index in [2.05, 4.69) is 41.1 Å². The zero-order chi connectivity index (χ0) is 21.3. The summed E-state index contributed by atoms with van der Waals surface area (Å²) in [5, 5.41) is 0.765. The molecule has 0 aromatic heterocycles. The Hall–Kier alpha value is -2.66. The molecular weight excluding hydrogens is 445 g/mol. The van der Waals surface area contributed by atoms with Crippen molar-refractivity contribution < 1.29 is 13.9 Å².